The summed E-state index contributed by atoms with van der Waals surface area (Å²) in [4.78, 5) is 36.5. The van der Waals surface area contributed by atoms with Crippen molar-refractivity contribution in [1.82, 2.24) is 9.27 Å². The first-order valence-corrected chi connectivity index (χ1v) is 8.77. The van der Waals surface area contributed by atoms with E-state index in [1.807, 2.05) is 0 Å². The van der Waals surface area contributed by atoms with Crippen molar-refractivity contribution in [2.24, 2.45) is 0 Å². The number of amides is 1. The molecular weight excluding hydrogens is 332 g/mol. The van der Waals surface area contributed by atoms with E-state index in [1.165, 1.54) is 16.7 Å². The molecule has 1 N–H and O–H groups in total. The average molecular weight is 342 g/mol. The molecule has 21 heavy (non-hydrogen) atoms. The van der Waals surface area contributed by atoms with Gasteiger partial charge in [0.25, 0.3) is 0 Å². The number of aromatic nitrogens is 1. The minimum Gasteiger partial charge on any atom is -0.477 e. The van der Waals surface area contributed by atoms with Gasteiger partial charge in [0.1, 0.15) is 10.6 Å². The molecule has 2 atom stereocenters. The molecule has 0 saturated carbocycles. The van der Waals surface area contributed by atoms with Gasteiger partial charge in [-0.3, -0.25) is 14.5 Å². The number of carbonyl (C=O) groups is 3. The zero-order valence-electron chi connectivity index (χ0n) is 10.6. The van der Waals surface area contributed by atoms with Crippen molar-refractivity contribution in [3.8, 4) is 0 Å². The van der Waals surface area contributed by atoms with Crippen molar-refractivity contribution in [2.45, 2.75) is 17.0 Å². The van der Waals surface area contributed by atoms with Gasteiger partial charge in [-0.05, 0) is 23.7 Å². The van der Waals surface area contributed by atoms with Crippen LogP contribution in [0, 0.1) is 0 Å². The molecule has 2 aliphatic heterocycles. The highest BCUT2D eigenvalue weighted by Gasteiger charge is 2.45. The number of β-lactam (4-membered cyclic amide) rings is 1. The molecule has 1 fully saturated rings. The lowest BCUT2D eigenvalue weighted by Gasteiger charge is -2.44. The predicted octanol–water partition coefficient (Wildman–Crippen LogP) is 1.66. The Morgan fingerprint density at radius 2 is 2.33 bits per heavy atom. The third kappa shape index (κ3) is 2.85. The maximum absolute atomic E-state index is 11.9. The smallest absolute Gasteiger partial charge is 0.352 e. The van der Waals surface area contributed by atoms with E-state index in [9.17, 15) is 19.5 Å². The Morgan fingerprint density at radius 1 is 1.52 bits per heavy atom. The van der Waals surface area contributed by atoms with Gasteiger partial charge in [-0.25, -0.2) is 9.17 Å². The van der Waals surface area contributed by atoms with E-state index < -0.39 is 5.97 Å². The Hall–Kier alpha value is -1.32. The Balaban J connectivity index is 1.66. The van der Waals surface area contributed by atoms with E-state index in [0.717, 1.165) is 23.3 Å². The lowest BCUT2D eigenvalue weighted by atomic mass is 10.1. The molecule has 3 heterocycles. The number of nitrogens with zero attached hydrogens (tertiary/aromatic N) is 2. The highest BCUT2D eigenvalue weighted by Crippen LogP contribution is 2.41. The first kappa shape index (κ1) is 14.6. The van der Waals surface area contributed by atoms with Crippen LogP contribution in [0.25, 0.3) is 0 Å². The standard InChI is InChI=1S/C12H10N2O4S3/c15-9-4-10-14(9)7(11(16)17)3-6(20-10)5-19-12(18)8-1-2-13-21-8/h1-3,6,10H,4-5H2,(H,16,17)/t6?,10-/m1/s1. The Labute approximate surface area is 132 Å². The number of hydrogen-bond acceptors (Lipinski definition) is 7. The number of thioether (sulfide) groups is 2. The van der Waals surface area contributed by atoms with Crippen LogP contribution in [0.5, 0.6) is 0 Å². The van der Waals surface area contributed by atoms with Crippen LogP contribution in [0.4, 0.5) is 0 Å². The molecule has 1 amide bonds. The van der Waals surface area contributed by atoms with Crippen molar-refractivity contribution < 1.29 is 19.5 Å². The van der Waals surface area contributed by atoms with Crippen molar-refractivity contribution in [3.05, 3.63) is 28.9 Å². The molecule has 3 rings (SSSR count). The minimum absolute atomic E-state index is 0.0332. The van der Waals surface area contributed by atoms with Crippen molar-refractivity contribution >= 4 is 52.0 Å². The first-order chi connectivity index (χ1) is 10.1. The number of aliphatic carboxylic acids is 1. The summed E-state index contributed by atoms with van der Waals surface area (Å²) in [6.45, 7) is 0. The molecule has 0 aliphatic carbocycles. The zero-order chi connectivity index (χ0) is 15.0. The summed E-state index contributed by atoms with van der Waals surface area (Å²) in [5.41, 5.74) is 0.0332. The molecule has 0 radical (unpaired) electrons. The second-order valence-electron chi connectivity index (χ2n) is 4.43. The number of fused-ring (bicyclic) bond motifs is 1. The van der Waals surface area contributed by atoms with E-state index in [2.05, 4.69) is 4.37 Å². The van der Waals surface area contributed by atoms with Crippen LogP contribution in [0.3, 0.4) is 0 Å². The molecule has 0 spiro atoms. The maximum atomic E-state index is 11.9. The molecule has 0 aromatic carbocycles. The van der Waals surface area contributed by atoms with Gasteiger partial charge in [-0.1, -0.05) is 11.8 Å². The summed E-state index contributed by atoms with van der Waals surface area (Å²) in [6, 6.07) is 1.67. The lowest BCUT2D eigenvalue weighted by molar-refractivity contribution is -0.146. The van der Waals surface area contributed by atoms with Gasteiger partial charge in [0.05, 0.1) is 11.8 Å². The van der Waals surface area contributed by atoms with E-state index in [4.69, 9.17) is 0 Å². The highest BCUT2D eigenvalue weighted by atomic mass is 32.2. The molecule has 1 unspecified atom stereocenters. The fourth-order valence-corrected chi connectivity index (χ4v) is 5.16. The largest absolute Gasteiger partial charge is 0.477 e. The maximum Gasteiger partial charge on any atom is 0.352 e. The van der Waals surface area contributed by atoms with Gasteiger partial charge in [0.2, 0.25) is 11.0 Å². The summed E-state index contributed by atoms with van der Waals surface area (Å²) in [6.07, 6.45) is 3.50. The minimum atomic E-state index is -1.10. The molecular formula is C12H10N2O4S3. The summed E-state index contributed by atoms with van der Waals surface area (Å²) < 4.78 is 3.88. The fourth-order valence-electron chi connectivity index (χ4n) is 2.09. The summed E-state index contributed by atoms with van der Waals surface area (Å²) in [5.74, 6) is -0.776. The number of carboxylic acid groups (broad SMARTS) is 1. The van der Waals surface area contributed by atoms with Gasteiger partial charge in [-0.2, -0.15) is 0 Å². The first-order valence-electron chi connectivity index (χ1n) is 6.06. The van der Waals surface area contributed by atoms with E-state index in [0.29, 0.717) is 17.1 Å². The van der Waals surface area contributed by atoms with Gasteiger partial charge < -0.3 is 5.11 Å². The molecule has 1 aromatic heterocycles. The normalized spacial score (nSPS) is 24.1. The van der Waals surface area contributed by atoms with Crippen LogP contribution in [-0.4, -0.2) is 47.7 Å². The monoisotopic (exact) mass is 342 g/mol. The molecule has 2 aliphatic rings. The van der Waals surface area contributed by atoms with Gasteiger partial charge >= 0.3 is 5.97 Å². The summed E-state index contributed by atoms with van der Waals surface area (Å²) >= 11 is 3.82. The number of rotatable bonds is 4. The van der Waals surface area contributed by atoms with Crippen LogP contribution in [0.2, 0.25) is 0 Å². The SMILES string of the molecule is O=C(O)C1=CC(CSC(=O)c2ccns2)S[C@@H]2CC(=O)N12. The molecule has 9 heteroatoms. The van der Waals surface area contributed by atoms with E-state index in [-0.39, 0.29) is 27.3 Å². The number of hydrogen-bond donors (Lipinski definition) is 1. The van der Waals surface area contributed by atoms with Crippen LogP contribution >= 0.6 is 35.1 Å². The molecule has 110 valence electrons. The van der Waals surface area contributed by atoms with Crippen LogP contribution in [0.15, 0.2) is 24.0 Å². The van der Waals surface area contributed by atoms with Crippen LogP contribution in [-0.2, 0) is 9.59 Å². The highest BCUT2D eigenvalue weighted by molar-refractivity contribution is 8.15. The van der Waals surface area contributed by atoms with E-state index in [1.54, 1.807) is 18.3 Å². The average Bonchev–Trinajstić information content (AvgIpc) is 2.96. The van der Waals surface area contributed by atoms with Gasteiger partial charge in [0.15, 0.2) is 0 Å². The van der Waals surface area contributed by atoms with Crippen molar-refractivity contribution in [3.63, 3.8) is 0 Å². The van der Waals surface area contributed by atoms with Crippen LogP contribution < -0.4 is 0 Å². The number of carboxylic acids is 1. The van der Waals surface area contributed by atoms with Gasteiger partial charge in [0, 0.05) is 17.2 Å². The van der Waals surface area contributed by atoms with Crippen LogP contribution in [0.1, 0.15) is 16.1 Å². The fraction of sp³-hybridized carbons (Fsp3) is 0.333. The van der Waals surface area contributed by atoms with E-state index >= 15 is 0 Å². The van der Waals surface area contributed by atoms with Crippen molar-refractivity contribution in [1.29, 1.82) is 0 Å². The van der Waals surface area contributed by atoms with Crippen molar-refractivity contribution in [2.75, 3.05) is 5.75 Å². The molecule has 6 nitrogen and oxygen atoms in total. The quantitative estimate of drug-likeness (QED) is 0.833. The third-order valence-electron chi connectivity index (χ3n) is 3.08. The number of carbonyl (C=O) groups excluding carboxylic acids is 2. The molecule has 0 bridgehead atoms. The lowest BCUT2D eigenvalue weighted by Crippen LogP contribution is -2.54. The predicted molar refractivity (Wildman–Crippen MR) is 81.3 cm³/mol. The topological polar surface area (TPSA) is 87.6 Å². The third-order valence-corrected chi connectivity index (χ3v) is 6.52. The zero-order valence-corrected chi connectivity index (χ0v) is 13.0. The molecule has 1 saturated heterocycles. The Bertz CT molecular complexity index is 628. The molecule has 1 aromatic rings. The Kier molecular flexibility index (Phi) is 4.05. The summed E-state index contributed by atoms with van der Waals surface area (Å²) in [5, 5.41) is 8.91. The second kappa shape index (κ2) is 5.82. The second-order valence-corrected chi connectivity index (χ2v) is 7.68. The summed E-state index contributed by atoms with van der Waals surface area (Å²) in [7, 11) is 0. The Morgan fingerprint density at radius 3 is 2.95 bits per heavy atom. The van der Waals surface area contributed by atoms with Gasteiger partial charge in [-0.15, -0.1) is 11.8 Å².